The van der Waals surface area contributed by atoms with Gasteiger partial charge in [0.15, 0.2) is 5.16 Å². The van der Waals surface area contributed by atoms with Gasteiger partial charge in [0.05, 0.1) is 27.3 Å². The first-order valence-corrected chi connectivity index (χ1v) is 9.68. The monoisotopic (exact) mass is 440 g/mol. The number of piperazine rings is 1. The number of aromatic amines is 1. The number of imidazole rings is 1. The van der Waals surface area contributed by atoms with Crippen molar-refractivity contribution >= 4 is 64.9 Å². The van der Waals surface area contributed by atoms with Crippen molar-refractivity contribution in [2.24, 2.45) is 0 Å². The second-order valence-corrected chi connectivity index (χ2v) is 8.15. The number of ether oxygens (including phenoxy) is 1. The molecular weight excluding hydrogens is 415 g/mol. The lowest BCUT2D eigenvalue weighted by atomic mass is 10.1. The van der Waals surface area contributed by atoms with E-state index >= 15 is 0 Å². The van der Waals surface area contributed by atoms with Gasteiger partial charge in [0.25, 0.3) is 0 Å². The molecule has 3 rings (SSSR count). The zero-order chi connectivity index (χ0) is 17.2. The summed E-state index contributed by atoms with van der Waals surface area (Å²) in [4.78, 5) is 10.4. The van der Waals surface area contributed by atoms with Gasteiger partial charge in [-0.05, 0) is 32.4 Å². The van der Waals surface area contributed by atoms with Crippen LogP contribution < -0.4 is 10.2 Å². The maximum atomic E-state index is 6.49. The maximum absolute atomic E-state index is 6.49. The Morgan fingerprint density at radius 2 is 1.96 bits per heavy atom. The van der Waals surface area contributed by atoms with Crippen LogP contribution in [0.3, 0.4) is 0 Å². The lowest BCUT2D eigenvalue weighted by Crippen LogP contribution is -2.43. The molecule has 2 heterocycles. The number of anilines is 1. The smallest absolute Gasteiger partial charge is 0.166 e. The van der Waals surface area contributed by atoms with Crippen LogP contribution in [0.25, 0.3) is 11.0 Å². The van der Waals surface area contributed by atoms with Crippen LogP contribution in [0, 0.1) is 0 Å². The van der Waals surface area contributed by atoms with Gasteiger partial charge in [-0.25, -0.2) is 4.98 Å². The molecule has 1 aliphatic rings. The molecule has 0 unspecified atom stereocenters. The van der Waals surface area contributed by atoms with Crippen molar-refractivity contribution in [3.8, 4) is 0 Å². The largest absolute Gasteiger partial charge is 0.379 e. The summed E-state index contributed by atoms with van der Waals surface area (Å²) in [6, 6.07) is 4.09. The van der Waals surface area contributed by atoms with Crippen molar-refractivity contribution in [2.75, 3.05) is 43.9 Å². The van der Waals surface area contributed by atoms with E-state index in [1.807, 2.05) is 6.07 Å². The highest BCUT2D eigenvalue weighted by atomic mass is 35.5. The second kappa shape index (κ2) is 10.2. The Bertz CT molecular complexity index is 705. The van der Waals surface area contributed by atoms with Crippen molar-refractivity contribution < 1.29 is 4.74 Å². The molecule has 0 saturated carbocycles. The van der Waals surface area contributed by atoms with Crippen LogP contribution in [0.4, 0.5) is 5.69 Å². The van der Waals surface area contributed by atoms with E-state index in [9.17, 15) is 0 Å². The SMILES string of the molecule is COC(C)(C)CCSc1nc2cc(Cl)c(N3CCNCC3)cc2[nH]1.Cl.Cl. The van der Waals surface area contributed by atoms with Crippen LogP contribution >= 0.6 is 48.2 Å². The van der Waals surface area contributed by atoms with Crippen molar-refractivity contribution in [2.45, 2.75) is 31.0 Å². The number of benzene rings is 1. The fourth-order valence-electron chi connectivity index (χ4n) is 2.71. The van der Waals surface area contributed by atoms with Crippen LogP contribution in [-0.2, 0) is 4.74 Å². The molecule has 0 atom stereocenters. The number of fused-ring (bicyclic) bond motifs is 1. The van der Waals surface area contributed by atoms with Crippen LogP contribution in [0.1, 0.15) is 20.3 Å². The number of nitrogens with zero attached hydrogens (tertiary/aromatic N) is 2. The minimum absolute atomic E-state index is 0. The molecule has 0 aliphatic carbocycles. The molecule has 1 aromatic carbocycles. The number of H-pyrrole nitrogens is 1. The van der Waals surface area contributed by atoms with Gasteiger partial charge < -0.3 is 19.9 Å². The Morgan fingerprint density at radius 3 is 2.62 bits per heavy atom. The van der Waals surface area contributed by atoms with Gasteiger partial charge in [-0.15, -0.1) is 24.8 Å². The molecule has 0 bridgehead atoms. The second-order valence-electron chi connectivity index (χ2n) is 6.66. The molecular formula is C17H27Cl3N4OS. The van der Waals surface area contributed by atoms with Crippen molar-refractivity contribution in [3.63, 3.8) is 0 Å². The molecule has 1 fully saturated rings. The first kappa shape index (κ1) is 23.7. The van der Waals surface area contributed by atoms with Crippen molar-refractivity contribution in [1.82, 2.24) is 15.3 Å². The van der Waals surface area contributed by atoms with Gasteiger partial charge in [-0.2, -0.15) is 0 Å². The van der Waals surface area contributed by atoms with E-state index in [-0.39, 0.29) is 30.4 Å². The number of hydrogen-bond donors (Lipinski definition) is 2. The third kappa shape index (κ3) is 5.81. The van der Waals surface area contributed by atoms with Crippen LogP contribution in [0.2, 0.25) is 5.02 Å². The first-order valence-electron chi connectivity index (χ1n) is 8.31. The van der Waals surface area contributed by atoms with E-state index in [1.165, 1.54) is 0 Å². The fourth-order valence-corrected chi connectivity index (χ4v) is 4.12. The average molecular weight is 442 g/mol. The number of aromatic nitrogens is 2. The van der Waals surface area contributed by atoms with Gasteiger partial charge in [-0.3, -0.25) is 0 Å². The normalized spacial score (nSPS) is 14.8. The van der Waals surface area contributed by atoms with Crippen LogP contribution in [0.5, 0.6) is 0 Å². The summed E-state index contributed by atoms with van der Waals surface area (Å²) < 4.78 is 5.46. The molecule has 148 valence electrons. The van der Waals surface area contributed by atoms with Gasteiger partial charge >= 0.3 is 0 Å². The number of hydrogen-bond acceptors (Lipinski definition) is 5. The lowest BCUT2D eigenvalue weighted by Gasteiger charge is -2.30. The topological polar surface area (TPSA) is 53.2 Å². The Morgan fingerprint density at radius 1 is 1.27 bits per heavy atom. The maximum Gasteiger partial charge on any atom is 0.166 e. The van der Waals surface area contributed by atoms with Crippen molar-refractivity contribution in [3.05, 3.63) is 17.2 Å². The van der Waals surface area contributed by atoms with E-state index in [2.05, 4.69) is 40.1 Å². The molecule has 26 heavy (non-hydrogen) atoms. The number of nitrogens with one attached hydrogen (secondary N) is 2. The summed E-state index contributed by atoms with van der Waals surface area (Å²) in [5.74, 6) is 0.957. The predicted molar refractivity (Wildman–Crippen MR) is 117 cm³/mol. The first-order chi connectivity index (χ1) is 11.5. The number of thioether (sulfide) groups is 1. The van der Waals surface area contributed by atoms with Crippen LogP contribution in [0.15, 0.2) is 17.3 Å². The molecule has 1 aliphatic heterocycles. The Kier molecular flexibility index (Phi) is 9.33. The van der Waals surface area contributed by atoms with Gasteiger partial charge in [0.1, 0.15) is 0 Å². The van der Waals surface area contributed by atoms with E-state index in [4.69, 9.17) is 16.3 Å². The van der Waals surface area contributed by atoms with Crippen LogP contribution in [-0.4, -0.2) is 54.6 Å². The summed E-state index contributed by atoms with van der Waals surface area (Å²) in [6.07, 6.45) is 0.970. The number of rotatable bonds is 6. The molecule has 9 heteroatoms. The molecule has 2 N–H and O–H groups in total. The predicted octanol–water partition coefficient (Wildman–Crippen LogP) is 4.38. The molecule has 0 spiro atoms. The number of halogens is 3. The lowest BCUT2D eigenvalue weighted by molar-refractivity contribution is 0.0206. The third-order valence-corrected chi connectivity index (χ3v) is 5.66. The fraction of sp³-hybridized carbons (Fsp3) is 0.588. The summed E-state index contributed by atoms with van der Waals surface area (Å²) in [7, 11) is 1.76. The summed E-state index contributed by atoms with van der Waals surface area (Å²) in [5, 5.41) is 5.07. The number of methoxy groups -OCH3 is 1. The summed E-state index contributed by atoms with van der Waals surface area (Å²) in [5.41, 5.74) is 2.96. The van der Waals surface area contributed by atoms with Crippen molar-refractivity contribution in [1.29, 1.82) is 0 Å². The zero-order valence-electron chi connectivity index (χ0n) is 15.3. The van der Waals surface area contributed by atoms with E-state index < -0.39 is 0 Å². The minimum Gasteiger partial charge on any atom is -0.379 e. The molecule has 0 radical (unpaired) electrons. The van der Waals surface area contributed by atoms with Gasteiger partial charge in [0, 0.05) is 39.0 Å². The summed E-state index contributed by atoms with van der Waals surface area (Å²) >= 11 is 8.21. The van der Waals surface area contributed by atoms with E-state index in [0.717, 1.165) is 65.3 Å². The Balaban J connectivity index is 0.00000169. The van der Waals surface area contributed by atoms with Gasteiger partial charge in [-0.1, -0.05) is 23.4 Å². The molecule has 0 amide bonds. The highest BCUT2D eigenvalue weighted by Crippen LogP contribution is 2.32. The quantitative estimate of drug-likeness (QED) is 0.652. The molecule has 1 aromatic heterocycles. The highest BCUT2D eigenvalue weighted by Gasteiger charge is 2.18. The van der Waals surface area contributed by atoms with E-state index in [0.29, 0.717) is 0 Å². The Labute approximate surface area is 176 Å². The average Bonchev–Trinajstić information content (AvgIpc) is 2.96. The molecule has 2 aromatic rings. The standard InChI is InChI=1S/C17H25ClN4OS.2ClH/c1-17(2,23-3)4-9-24-16-20-13-10-12(18)15(11-14(13)21-16)22-7-5-19-6-8-22;;/h10-11,19H,4-9H2,1-3H3,(H,20,21);2*1H. The molecule has 5 nitrogen and oxygen atoms in total. The highest BCUT2D eigenvalue weighted by molar-refractivity contribution is 7.99. The Hall–Kier alpha value is -0.370. The minimum atomic E-state index is -0.0994. The zero-order valence-corrected chi connectivity index (χ0v) is 18.5. The van der Waals surface area contributed by atoms with E-state index in [1.54, 1.807) is 18.9 Å². The van der Waals surface area contributed by atoms with Gasteiger partial charge in [0.2, 0.25) is 0 Å². The summed E-state index contributed by atoms with van der Waals surface area (Å²) in [6.45, 7) is 8.15. The third-order valence-electron chi connectivity index (χ3n) is 4.48. The molecule has 1 saturated heterocycles.